The molecule has 5 unspecified atom stereocenters. The van der Waals surface area contributed by atoms with E-state index < -0.39 is 5.60 Å². The molecule has 3 saturated carbocycles. The summed E-state index contributed by atoms with van der Waals surface area (Å²) in [6, 6.07) is 0.496. The fourth-order valence-corrected chi connectivity index (χ4v) is 6.16. The molecule has 0 radical (unpaired) electrons. The summed E-state index contributed by atoms with van der Waals surface area (Å²) in [5.41, 5.74) is -0.467. The van der Waals surface area contributed by atoms with Crippen molar-refractivity contribution in [3.63, 3.8) is 0 Å². The molecule has 0 spiro atoms. The molecule has 4 aliphatic rings. The average Bonchev–Trinajstić information content (AvgIpc) is 3.26. The maximum atomic E-state index is 12.5. The van der Waals surface area contributed by atoms with Crippen molar-refractivity contribution in [1.82, 2.24) is 15.5 Å². The van der Waals surface area contributed by atoms with Crippen LogP contribution in [0.1, 0.15) is 65.7 Å². The van der Waals surface area contributed by atoms with Gasteiger partial charge in [-0.2, -0.15) is 0 Å². The van der Waals surface area contributed by atoms with Crippen LogP contribution >= 0.6 is 0 Å². The van der Waals surface area contributed by atoms with Gasteiger partial charge in [0.1, 0.15) is 5.60 Å². The Morgan fingerprint density at radius 1 is 0.926 bits per heavy atom. The molecule has 152 valence electrons. The Morgan fingerprint density at radius 3 is 2.33 bits per heavy atom. The third kappa shape index (κ3) is 4.04. The zero-order valence-electron chi connectivity index (χ0n) is 17.0. The summed E-state index contributed by atoms with van der Waals surface area (Å²) >= 11 is 0. The van der Waals surface area contributed by atoms with Crippen molar-refractivity contribution < 1.29 is 14.3 Å². The first-order valence-electron chi connectivity index (χ1n) is 10.8. The highest BCUT2D eigenvalue weighted by Gasteiger charge is 2.54. The molecule has 5 atom stereocenters. The third-order valence-electron chi connectivity index (χ3n) is 7.23. The highest BCUT2D eigenvalue weighted by molar-refractivity contribution is 5.75. The fourth-order valence-electron chi connectivity index (χ4n) is 6.16. The van der Waals surface area contributed by atoms with Crippen LogP contribution in [-0.2, 0) is 4.74 Å². The minimum atomic E-state index is -0.467. The highest BCUT2D eigenvalue weighted by Crippen LogP contribution is 2.58. The van der Waals surface area contributed by atoms with Crippen molar-refractivity contribution in [2.24, 2.45) is 23.7 Å². The molecule has 0 aromatic carbocycles. The van der Waals surface area contributed by atoms with Gasteiger partial charge in [-0.15, -0.1) is 0 Å². The Hall–Kier alpha value is -1.46. The maximum absolute atomic E-state index is 12.5. The van der Waals surface area contributed by atoms with Crippen LogP contribution in [0.15, 0.2) is 0 Å². The van der Waals surface area contributed by atoms with E-state index in [4.69, 9.17) is 4.74 Å². The minimum absolute atomic E-state index is 0.0159. The number of amides is 3. The molecule has 1 aliphatic heterocycles. The second-order valence-electron chi connectivity index (χ2n) is 10.1. The van der Waals surface area contributed by atoms with Gasteiger partial charge in [-0.1, -0.05) is 6.42 Å². The SMILES string of the molecule is CC(C)(C)OC(=O)N1CCC(NC(=O)NC2CC3CC2C2CCCC32)CC1. The zero-order valence-corrected chi connectivity index (χ0v) is 17.0. The van der Waals surface area contributed by atoms with E-state index >= 15 is 0 Å². The lowest BCUT2D eigenvalue weighted by molar-refractivity contribution is 0.0201. The van der Waals surface area contributed by atoms with Crippen LogP contribution in [0.2, 0.25) is 0 Å². The Kier molecular flexibility index (Phi) is 5.02. The molecule has 4 rings (SSSR count). The largest absolute Gasteiger partial charge is 0.444 e. The predicted octanol–water partition coefficient (Wildman–Crippen LogP) is 3.51. The van der Waals surface area contributed by atoms with Gasteiger partial charge in [-0.3, -0.25) is 0 Å². The number of likely N-dealkylation sites (tertiary alicyclic amines) is 1. The van der Waals surface area contributed by atoms with Crippen LogP contribution in [-0.4, -0.2) is 47.8 Å². The predicted molar refractivity (Wildman–Crippen MR) is 103 cm³/mol. The van der Waals surface area contributed by atoms with Gasteiger partial charge in [-0.05, 0) is 83.0 Å². The van der Waals surface area contributed by atoms with E-state index in [9.17, 15) is 9.59 Å². The van der Waals surface area contributed by atoms with Gasteiger partial charge < -0.3 is 20.3 Å². The second kappa shape index (κ2) is 7.17. The second-order valence-corrected chi connectivity index (χ2v) is 10.1. The van der Waals surface area contributed by atoms with Gasteiger partial charge in [0.25, 0.3) is 0 Å². The van der Waals surface area contributed by atoms with E-state index in [1.165, 1.54) is 32.1 Å². The Balaban J connectivity index is 1.20. The number of ether oxygens (including phenoxy) is 1. The molecular formula is C21H35N3O3. The van der Waals surface area contributed by atoms with E-state index in [2.05, 4.69) is 10.6 Å². The van der Waals surface area contributed by atoms with Crippen LogP contribution < -0.4 is 10.6 Å². The number of hydrogen-bond donors (Lipinski definition) is 2. The monoisotopic (exact) mass is 377 g/mol. The maximum Gasteiger partial charge on any atom is 0.410 e. The lowest BCUT2D eigenvalue weighted by atomic mass is 9.79. The number of hydrogen-bond acceptors (Lipinski definition) is 3. The molecule has 0 aromatic heterocycles. The number of carbonyl (C=O) groups excluding carboxylic acids is 2. The smallest absolute Gasteiger partial charge is 0.410 e. The molecule has 3 amide bonds. The first-order chi connectivity index (χ1) is 12.8. The first-order valence-corrected chi connectivity index (χ1v) is 10.8. The highest BCUT2D eigenvalue weighted by atomic mass is 16.6. The van der Waals surface area contributed by atoms with Crippen molar-refractivity contribution in [1.29, 1.82) is 0 Å². The van der Waals surface area contributed by atoms with Crippen LogP contribution in [0.3, 0.4) is 0 Å². The molecule has 4 fully saturated rings. The number of piperidine rings is 1. The standard InChI is InChI=1S/C21H35N3O3/c1-21(2,3)27-20(26)24-9-7-14(8-10-24)22-19(25)23-18-12-13-11-17(18)16-6-4-5-15(13)16/h13-18H,4-12H2,1-3H3,(H2,22,23,25). The Labute approximate surface area is 162 Å². The number of rotatable bonds is 2. The molecule has 1 heterocycles. The third-order valence-corrected chi connectivity index (χ3v) is 7.23. The summed E-state index contributed by atoms with van der Waals surface area (Å²) in [6.45, 7) is 6.92. The topological polar surface area (TPSA) is 70.7 Å². The number of nitrogens with zero attached hydrogens (tertiary/aromatic N) is 1. The Bertz CT molecular complexity index is 580. The first kappa shape index (κ1) is 18.9. The molecule has 6 heteroatoms. The number of fused-ring (bicyclic) bond motifs is 5. The lowest BCUT2D eigenvalue weighted by Crippen LogP contribution is -2.52. The molecule has 3 aliphatic carbocycles. The van der Waals surface area contributed by atoms with Gasteiger partial charge in [0.15, 0.2) is 0 Å². The summed E-state index contributed by atoms with van der Waals surface area (Å²) in [5.74, 6) is 3.38. The van der Waals surface area contributed by atoms with E-state index in [1.54, 1.807) is 4.90 Å². The summed E-state index contributed by atoms with van der Waals surface area (Å²) in [7, 11) is 0. The zero-order chi connectivity index (χ0) is 19.2. The molecule has 2 bridgehead atoms. The van der Waals surface area contributed by atoms with Crippen LogP contribution in [0.4, 0.5) is 9.59 Å². The van der Waals surface area contributed by atoms with Gasteiger partial charge in [0, 0.05) is 25.2 Å². The molecular weight excluding hydrogens is 342 g/mol. The van der Waals surface area contributed by atoms with Crippen LogP contribution in [0, 0.1) is 23.7 Å². The van der Waals surface area contributed by atoms with Crippen molar-refractivity contribution >= 4 is 12.1 Å². The molecule has 0 aromatic rings. The number of nitrogens with one attached hydrogen (secondary N) is 2. The van der Waals surface area contributed by atoms with E-state index in [0.717, 1.165) is 30.6 Å². The summed E-state index contributed by atoms with van der Waals surface area (Å²) in [5, 5.41) is 6.42. The van der Waals surface area contributed by atoms with E-state index in [-0.39, 0.29) is 18.2 Å². The van der Waals surface area contributed by atoms with Crippen LogP contribution in [0.25, 0.3) is 0 Å². The summed E-state index contributed by atoms with van der Waals surface area (Å²) in [4.78, 5) is 26.4. The van der Waals surface area contributed by atoms with Gasteiger partial charge in [0.05, 0.1) is 0 Å². The van der Waals surface area contributed by atoms with E-state index in [1.807, 2.05) is 20.8 Å². The average molecular weight is 378 g/mol. The number of urea groups is 1. The van der Waals surface area contributed by atoms with Crippen LogP contribution in [0.5, 0.6) is 0 Å². The van der Waals surface area contributed by atoms with Gasteiger partial charge in [0.2, 0.25) is 0 Å². The minimum Gasteiger partial charge on any atom is -0.444 e. The summed E-state index contributed by atoms with van der Waals surface area (Å²) in [6.07, 6.45) is 8.00. The quantitative estimate of drug-likeness (QED) is 0.774. The van der Waals surface area contributed by atoms with Crippen molar-refractivity contribution in [2.45, 2.75) is 83.4 Å². The molecule has 27 heavy (non-hydrogen) atoms. The number of carbonyl (C=O) groups is 2. The fraction of sp³-hybridized carbons (Fsp3) is 0.905. The van der Waals surface area contributed by atoms with Crippen molar-refractivity contribution in [3.05, 3.63) is 0 Å². The molecule has 2 N–H and O–H groups in total. The van der Waals surface area contributed by atoms with Gasteiger partial charge in [-0.25, -0.2) is 9.59 Å². The summed E-state index contributed by atoms with van der Waals surface area (Å²) < 4.78 is 5.43. The normalized spacial score (nSPS) is 35.8. The van der Waals surface area contributed by atoms with Gasteiger partial charge >= 0.3 is 12.1 Å². The Morgan fingerprint density at radius 2 is 1.63 bits per heavy atom. The molecule has 6 nitrogen and oxygen atoms in total. The van der Waals surface area contributed by atoms with Crippen molar-refractivity contribution in [2.75, 3.05) is 13.1 Å². The van der Waals surface area contributed by atoms with Crippen molar-refractivity contribution in [3.8, 4) is 0 Å². The lowest BCUT2D eigenvalue weighted by Gasteiger charge is -2.35. The molecule has 1 saturated heterocycles. The van der Waals surface area contributed by atoms with E-state index in [0.29, 0.717) is 25.0 Å².